The second-order valence-corrected chi connectivity index (χ2v) is 8.21. The molecule has 0 N–H and O–H groups in total. The predicted molar refractivity (Wildman–Crippen MR) is 117 cm³/mol. The predicted octanol–water partition coefficient (Wildman–Crippen LogP) is 3.46. The average molecular weight is 409 g/mol. The number of nitro benzene ring substituents is 1. The van der Waals surface area contributed by atoms with Crippen molar-refractivity contribution in [3.05, 3.63) is 69.3 Å². The quantitative estimate of drug-likeness (QED) is 0.560. The summed E-state index contributed by atoms with van der Waals surface area (Å²) in [5.41, 5.74) is 3.58. The standard InChI is InChI=1S/C23H28N4O3/c1-18-5-4-6-19(15-18)17-24-11-13-25(14-12-24)20-7-8-22(27(29)30)21(16-20)23(28)26-9-2-3-10-26/h4-8,15-16H,2-3,9-14,17H2,1H3. The topological polar surface area (TPSA) is 69.9 Å². The summed E-state index contributed by atoms with van der Waals surface area (Å²) in [5, 5.41) is 11.5. The van der Waals surface area contributed by atoms with E-state index in [4.69, 9.17) is 0 Å². The minimum Gasteiger partial charge on any atom is -0.369 e. The lowest BCUT2D eigenvalue weighted by Crippen LogP contribution is -2.46. The van der Waals surface area contributed by atoms with E-state index in [1.54, 1.807) is 17.0 Å². The van der Waals surface area contributed by atoms with Crippen molar-refractivity contribution in [2.24, 2.45) is 0 Å². The fourth-order valence-electron chi connectivity index (χ4n) is 4.37. The van der Waals surface area contributed by atoms with Crippen LogP contribution in [0.3, 0.4) is 0 Å². The molecule has 0 saturated carbocycles. The van der Waals surface area contributed by atoms with E-state index in [0.29, 0.717) is 13.1 Å². The van der Waals surface area contributed by atoms with Crippen LogP contribution in [0.25, 0.3) is 0 Å². The van der Waals surface area contributed by atoms with Crippen molar-refractivity contribution in [2.75, 3.05) is 44.2 Å². The minimum atomic E-state index is -0.452. The van der Waals surface area contributed by atoms with E-state index in [9.17, 15) is 14.9 Å². The number of hydrogen-bond acceptors (Lipinski definition) is 5. The van der Waals surface area contributed by atoms with Crippen molar-refractivity contribution in [2.45, 2.75) is 26.3 Å². The Morgan fingerprint density at radius 3 is 2.40 bits per heavy atom. The molecule has 0 radical (unpaired) electrons. The first-order valence-electron chi connectivity index (χ1n) is 10.6. The van der Waals surface area contributed by atoms with Crippen molar-refractivity contribution in [1.29, 1.82) is 0 Å². The van der Waals surface area contributed by atoms with Gasteiger partial charge in [-0.15, -0.1) is 0 Å². The van der Waals surface area contributed by atoms with Crippen molar-refractivity contribution in [1.82, 2.24) is 9.80 Å². The zero-order chi connectivity index (χ0) is 21.1. The maximum absolute atomic E-state index is 12.9. The Labute approximate surface area is 177 Å². The van der Waals surface area contributed by atoms with Crippen molar-refractivity contribution >= 4 is 17.3 Å². The second kappa shape index (κ2) is 8.83. The van der Waals surface area contributed by atoms with Gasteiger partial charge < -0.3 is 9.80 Å². The third-order valence-corrected chi connectivity index (χ3v) is 6.03. The van der Waals surface area contributed by atoms with Crippen LogP contribution in [0, 0.1) is 17.0 Å². The molecule has 7 heteroatoms. The van der Waals surface area contributed by atoms with Gasteiger partial charge in [0.05, 0.1) is 4.92 Å². The Morgan fingerprint density at radius 1 is 1.00 bits per heavy atom. The zero-order valence-electron chi connectivity index (χ0n) is 17.4. The highest BCUT2D eigenvalue weighted by atomic mass is 16.6. The molecule has 30 heavy (non-hydrogen) atoms. The summed E-state index contributed by atoms with van der Waals surface area (Å²) in [6, 6.07) is 13.6. The van der Waals surface area contributed by atoms with Crippen molar-refractivity contribution in [3.8, 4) is 0 Å². The summed E-state index contributed by atoms with van der Waals surface area (Å²) < 4.78 is 0. The number of piperazine rings is 1. The highest BCUT2D eigenvalue weighted by Gasteiger charge is 2.28. The lowest BCUT2D eigenvalue weighted by Gasteiger charge is -2.36. The monoisotopic (exact) mass is 408 g/mol. The molecule has 0 spiro atoms. The van der Waals surface area contributed by atoms with E-state index in [-0.39, 0.29) is 17.2 Å². The Balaban J connectivity index is 1.46. The molecule has 4 rings (SSSR count). The number of carbonyl (C=O) groups is 1. The van der Waals surface area contributed by atoms with Crippen LogP contribution in [0.4, 0.5) is 11.4 Å². The van der Waals surface area contributed by atoms with Crippen LogP contribution in [-0.4, -0.2) is 59.9 Å². The smallest absolute Gasteiger partial charge is 0.282 e. The first-order valence-corrected chi connectivity index (χ1v) is 10.6. The Morgan fingerprint density at radius 2 is 1.73 bits per heavy atom. The van der Waals surface area contributed by atoms with Crippen LogP contribution in [0.2, 0.25) is 0 Å². The van der Waals surface area contributed by atoms with Crippen LogP contribution in [0.1, 0.15) is 34.3 Å². The normalized spacial score (nSPS) is 17.4. The number of aryl methyl sites for hydroxylation is 1. The summed E-state index contributed by atoms with van der Waals surface area (Å²) in [7, 11) is 0. The van der Waals surface area contributed by atoms with Crippen LogP contribution in [0.5, 0.6) is 0 Å². The van der Waals surface area contributed by atoms with E-state index in [2.05, 4.69) is 41.0 Å². The molecule has 1 amide bonds. The molecule has 7 nitrogen and oxygen atoms in total. The lowest BCUT2D eigenvalue weighted by molar-refractivity contribution is -0.385. The third-order valence-electron chi connectivity index (χ3n) is 6.03. The number of nitro groups is 1. The number of hydrogen-bond donors (Lipinski definition) is 0. The molecular weight excluding hydrogens is 380 g/mol. The number of amides is 1. The van der Waals surface area contributed by atoms with Crippen LogP contribution < -0.4 is 4.90 Å². The van der Waals surface area contributed by atoms with Gasteiger partial charge in [0, 0.05) is 57.6 Å². The van der Waals surface area contributed by atoms with E-state index in [0.717, 1.165) is 51.3 Å². The molecule has 2 aromatic rings. The van der Waals surface area contributed by atoms with E-state index >= 15 is 0 Å². The van der Waals surface area contributed by atoms with Gasteiger partial charge in [0.2, 0.25) is 0 Å². The fourth-order valence-corrected chi connectivity index (χ4v) is 4.37. The van der Waals surface area contributed by atoms with Gasteiger partial charge in [-0.2, -0.15) is 0 Å². The van der Waals surface area contributed by atoms with Gasteiger partial charge >= 0.3 is 0 Å². The number of nitrogens with zero attached hydrogens (tertiary/aromatic N) is 4. The highest BCUT2D eigenvalue weighted by molar-refractivity contribution is 5.99. The molecule has 0 aromatic heterocycles. The minimum absolute atomic E-state index is 0.103. The number of rotatable bonds is 5. The van der Waals surface area contributed by atoms with Crippen molar-refractivity contribution < 1.29 is 9.72 Å². The van der Waals surface area contributed by atoms with Gasteiger partial charge in [-0.3, -0.25) is 19.8 Å². The molecular formula is C23H28N4O3. The molecule has 0 atom stereocenters. The van der Waals surface area contributed by atoms with Gasteiger partial charge in [0.1, 0.15) is 5.56 Å². The van der Waals surface area contributed by atoms with Gasteiger partial charge in [0.15, 0.2) is 0 Å². The van der Waals surface area contributed by atoms with Gasteiger partial charge in [-0.25, -0.2) is 0 Å². The summed E-state index contributed by atoms with van der Waals surface area (Å²) in [6.07, 6.45) is 1.92. The summed E-state index contributed by atoms with van der Waals surface area (Å²) in [4.78, 5) is 30.3. The molecule has 2 aliphatic rings. The number of likely N-dealkylation sites (tertiary alicyclic amines) is 1. The van der Waals surface area contributed by atoms with E-state index in [1.165, 1.54) is 17.2 Å². The number of benzene rings is 2. The van der Waals surface area contributed by atoms with Crippen LogP contribution >= 0.6 is 0 Å². The molecule has 2 aliphatic heterocycles. The molecule has 0 aliphatic carbocycles. The van der Waals surface area contributed by atoms with E-state index in [1.807, 2.05) is 0 Å². The number of carbonyl (C=O) groups excluding carboxylic acids is 1. The number of anilines is 1. The molecule has 158 valence electrons. The summed E-state index contributed by atoms with van der Waals surface area (Å²) in [6.45, 7) is 7.89. The summed E-state index contributed by atoms with van der Waals surface area (Å²) in [5.74, 6) is -0.223. The van der Waals surface area contributed by atoms with E-state index < -0.39 is 4.92 Å². The van der Waals surface area contributed by atoms with Gasteiger partial charge in [-0.05, 0) is 37.5 Å². The first kappa shape index (κ1) is 20.3. The molecule has 2 saturated heterocycles. The van der Waals surface area contributed by atoms with Gasteiger partial charge in [0.25, 0.3) is 11.6 Å². The zero-order valence-corrected chi connectivity index (χ0v) is 17.4. The molecule has 2 aromatic carbocycles. The SMILES string of the molecule is Cc1cccc(CN2CCN(c3ccc([N+](=O)[O-])c(C(=O)N4CCCC4)c3)CC2)c1. The lowest BCUT2D eigenvalue weighted by atomic mass is 10.1. The van der Waals surface area contributed by atoms with Gasteiger partial charge in [-0.1, -0.05) is 29.8 Å². The molecule has 2 fully saturated rings. The Bertz CT molecular complexity index is 932. The summed E-state index contributed by atoms with van der Waals surface area (Å²) >= 11 is 0. The molecule has 2 heterocycles. The second-order valence-electron chi connectivity index (χ2n) is 8.21. The maximum atomic E-state index is 12.9. The van der Waals surface area contributed by atoms with Crippen LogP contribution in [0.15, 0.2) is 42.5 Å². The molecule has 0 bridgehead atoms. The molecule has 0 unspecified atom stereocenters. The average Bonchev–Trinajstić information content (AvgIpc) is 3.28. The van der Waals surface area contributed by atoms with Crippen molar-refractivity contribution in [3.63, 3.8) is 0 Å². The highest BCUT2D eigenvalue weighted by Crippen LogP contribution is 2.28. The largest absolute Gasteiger partial charge is 0.369 e. The Hall–Kier alpha value is -2.93. The first-order chi connectivity index (χ1) is 14.5. The third kappa shape index (κ3) is 4.46. The Kier molecular flexibility index (Phi) is 5.99. The maximum Gasteiger partial charge on any atom is 0.282 e. The fraction of sp³-hybridized carbons (Fsp3) is 0.435. The van der Waals surface area contributed by atoms with Crippen LogP contribution in [-0.2, 0) is 6.54 Å².